The second kappa shape index (κ2) is 10.2. The Morgan fingerprint density at radius 1 is 1.71 bits per heavy atom. The van der Waals surface area contributed by atoms with E-state index in [0.717, 1.165) is 0 Å². The van der Waals surface area contributed by atoms with Gasteiger partial charge in [-0.05, 0) is 0 Å². The molecule has 0 amide bonds. The summed E-state index contributed by atoms with van der Waals surface area (Å²) in [6.07, 6.45) is 0. The van der Waals surface area contributed by atoms with Crippen LogP contribution in [-0.4, -0.2) is 46.4 Å². The van der Waals surface area contributed by atoms with Gasteiger partial charge in [0, 0.05) is 36.6 Å². The van der Waals surface area contributed by atoms with Crippen molar-refractivity contribution in [3.05, 3.63) is 0 Å². The Bertz CT molecular complexity index is 51.0. The Kier molecular flexibility index (Phi) is 23.0. The number of thiol groups is 1. The van der Waals surface area contributed by atoms with Gasteiger partial charge in [0.05, 0.1) is 0 Å². The molecule has 0 aromatic carbocycles. The average molecular weight is 148 g/mol. The van der Waals surface area contributed by atoms with Crippen molar-refractivity contribution in [1.29, 1.82) is 0 Å². The normalized spacial score (nSPS) is 4.86. The van der Waals surface area contributed by atoms with Gasteiger partial charge in [-0.3, -0.25) is 0 Å². The van der Waals surface area contributed by atoms with Gasteiger partial charge in [0.2, 0.25) is 0 Å². The van der Waals surface area contributed by atoms with E-state index in [-0.39, 0.29) is 35.0 Å². The van der Waals surface area contributed by atoms with Crippen LogP contribution in [0.5, 0.6) is 0 Å². The Hall–Kier alpha value is 1.20. The Morgan fingerprint density at radius 2 is 1.86 bits per heavy atom. The van der Waals surface area contributed by atoms with Crippen LogP contribution in [0.2, 0.25) is 0 Å². The van der Waals surface area contributed by atoms with Crippen LogP contribution in [0.25, 0.3) is 0 Å². The smallest absolute Gasteiger partial charge is 0.130 e. The second-order valence-electron chi connectivity index (χ2n) is 0.555. The maximum Gasteiger partial charge on any atom is 0.130 e. The van der Waals surface area contributed by atoms with Gasteiger partial charge in [0.25, 0.3) is 0 Å². The minimum absolute atomic E-state index is 0. The fourth-order valence-corrected chi connectivity index (χ4v) is 0. The van der Waals surface area contributed by atoms with E-state index in [2.05, 4.69) is 30.2 Å². The van der Waals surface area contributed by atoms with Crippen LogP contribution >= 0.6 is 24.8 Å². The van der Waals surface area contributed by atoms with Crippen molar-refractivity contribution < 1.29 is 5.48 Å². The first kappa shape index (κ1) is 15.7. The molecule has 7 heavy (non-hydrogen) atoms. The van der Waals surface area contributed by atoms with Crippen molar-refractivity contribution in [3.63, 3.8) is 0 Å². The van der Waals surface area contributed by atoms with Crippen LogP contribution in [0.15, 0.2) is 0 Å². The molecule has 2 nitrogen and oxygen atoms in total. The summed E-state index contributed by atoms with van der Waals surface area (Å²) in [5.41, 5.74) is 0. The second-order valence-corrected chi connectivity index (χ2v) is 1.71. The summed E-state index contributed by atoms with van der Waals surface area (Å²) in [7, 11) is 1.73. The Labute approximate surface area is 76.1 Å². The minimum Gasteiger partial charge on any atom is -0.412 e. The number of hydrogen-bond acceptors (Lipinski definition) is 1. The van der Waals surface area contributed by atoms with E-state index in [1.807, 2.05) is 0 Å². The first-order chi connectivity index (χ1) is 2.27. The van der Waals surface area contributed by atoms with Crippen molar-refractivity contribution in [2.24, 2.45) is 0 Å². The third-order valence-electron chi connectivity index (χ3n) is 0.214. The molecular weight excluding hydrogens is 141 g/mol. The van der Waals surface area contributed by atoms with Crippen molar-refractivity contribution in [2.45, 2.75) is 0 Å². The molecule has 0 aliphatic rings. The van der Waals surface area contributed by atoms with Crippen LogP contribution in [0.1, 0.15) is 0 Å². The van der Waals surface area contributed by atoms with Crippen molar-refractivity contribution >= 4 is 58.7 Å². The predicted molar refractivity (Wildman–Crippen MR) is 40.0 cm³/mol. The van der Waals surface area contributed by atoms with Crippen LogP contribution in [-0.2, 0) is 0 Å². The molecule has 0 aromatic heterocycles. The number of hydrogen-bond donors (Lipinski definition) is 2. The molecule has 0 saturated carbocycles. The predicted octanol–water partition coefficient (Wildman–Crippen LogP) is -0.785. The van der Waals surface area contributed by atoms with Crippen molar-refractivity contribution in [1.82, 2.24) is 5.32 Å². The zero-order valence-electron chi connectivity index (χ0n) is 4.36. The van der Waals surface area contributed by atoms with Gasteiger partial charge < -0.3 is 10.8 Å². The topological polar surface area (TPSA) is 43.5 Å². The van der Waals surface area contributed by atoms with Crippen LogP contribution in [0.3, 0.4) is 0 Å². The van der Waals surface area contributed by atoms with Gasteiger partial charge in [-0.1, -0.05) is 12.2 Å². The summed E-state index contributed by atoms with van der Waals surface area (Å²) < 4.78 is 0.532. The van der Waals surface area contributed by atoms with Gasteiger partial charge in [-0.25, -0.2) is 0 Å². The van der Waals surface area contributed by atoms with E-state index < -0.39 is 0 Å². The molecule has 0 spiro atoms. The van der Waals surface area contributed by atoms with E-state index in [9.17, 15) is 0 Å². The molecular formula is C2H7NNaOS2. The molecule has 0 rings (SSSR count). The molecule has 0 atom stereocenters. The number of rotatable bonds is 0. The molecule has 39 valence electrons. The van der Waals surface area contributed by atoms with Crippen LogP contribution in [0, 0.1) is 0 Å². The summed E-state index contributed by atoms with van der Waals surface area (Å²) in [4.78, 5) is 0. The van der Waals surface area contributed by atoms with Gasteiger partial charge in [-0.2, -0.15) is 0 Å². The summed E-state index contributed by atoms with van der Waals surface area (Å²) in [6, 6.07) is 0. The quantitative estimate of drug-likeness (QED) is 0.269. The van der Waals surface area contributed by atoms with Gasteiger partial charge in [0.1, 0.15) is 4.32 Å². The minimum atomic E-state index is 0. The van der Waals surface area contributed by atoms with Crippen molar-refractivity contribution in [3.8, 4) is 0 Å². The summed E-state index contributed by atoms with van der Waals surface area (Å²) in [5, 5.41) is 2.62. The van der Waals surface area contributed by atoms with E-state index in [4.69, 9.17) is 0 Å². The molecule has 0 unspecified atom stereocenters. The van der Waals surface area contributed by atoms with Crippen molar-refractivity contribution in [2.75, 3.05) is 7.05 Å². The SMILES string of the molecule is CNC(=S)S.O.[Na]. The molecule has 3 N–H and O–H groups in total. The van der Waals surface area contributed by atoms with Gasteiger partial charge in [-0.15, -0.1) is 12.6 Å². The zero-order chi connectivity index (χ0) is 4.28. The number of thiocarbonyl (C=S) groups is 1. The average Bonchev–Trinajstić information content (AvgIpc) is 1.38. The molecule has 0 aliphatic heterocycles. The van der Waals surface area contributed by atoms with Crippen LogP contribution in [0.4, 0.5) is 0 Å². The maximum atomic E-state index is 4.45. The number of nitrogens with one attached hydrogen (secondary N) is 1. The third kappa shape index (κ3) is 19.0. The fraction of sp³-hybridized carbons (Fsp3) is 0.500. The third-order valence-corrected chi connectivity index (χ3v) is 0.642. The summed E-state index contributed by atoms with van der Waals surface area (Å²) in [6.45, 7) is 0. The molecule has 1 radical (unpaired) electrons. The first-order valence-corrected chi connectivity index (χ1v) is 2.03. The molecule has 5 heteroatoms. The first-order valence-electron chi connectivity index (χ1n) is 1.18. The molecule has 0 saturated heterocycles. The molecule has 0 heterocycles. The fourth-order valence-electron chi connectivity index (χ4n) is 0. The standard InChI is InChI=1S/C2H5NS2.Na.H2O/c1-3-2(4)5;;/h1H3,(H2,3,4,5);;1H2. The van der Waals surface area contributed by atoms with Gasteiger partial charge >= 0.3 is 0 Å². The van der Waals surface area contributed by atoms with E-state index in [1.165, 1.54) is 0 Å². The van der Waals surface area contributed by atoms with E-state index >= 15 is 0 Å². The van der Waals surface area contributed by atoms with E-state index in [0.29, 0.717) is 4.32 Å². The Morgan fingerprint density at radius 3 is 1.86 bits per heavy atom. The van der Waals surface area contributed by atoms with Crippen LogP contribution < -0.4 is 5.32 Å². The van der Waals surface area contributed by atoms with Gasteiger partial charge in [0.15, 0.2) is 0 Å². The largest absolute Gasteiger partial charge is 0.412 e. The Balaban J connectivity index is -0.0000000800. The molecule has 0 fully saturated rings. The maximum absolute atomic E-state index is 4.45. The monoisotopic (exact) mass is 148 g/mol. The zero-order valence-corrected chi connectivity index (χ0v) is 8.07. The summed E-state index contributed by atoms with van der Waals surface area (Å²) >= 11 is 8.17. The van der Waals surface area contributed by atoms with E-state index in [1.54, 1.807) is 7.05 Å². The molecule has 0 bridgehead atoms. The summed E-state index contributed by atoms with van der Waals surface area (Å²) in [5.74, 6) is 0. The molecule has 0 aliphatic carbocycles. The molecule has 0 aromatic rings.